The summed E-state index contributed by atoms with van der Waals surface area (Å²) in [5, 5.41) is 52.5. The molecular weight excluding hydrogens is 1200 g/mol. The van der Waals surface area contributed by atoms with Crippen molar-refractivity contribution in [2.45, 2.75) is 0 Å². The van der Waals surface area contributed by atoms with Crippen molar-refractivity contribution in [1.29, 1.82) is 21.0 Å². The van der Waals surface area contributed by atoms with Crippen LogP contribution in [-0.4, -0.2) is 18.3 Å². The summed E-state index contributed by atoms with van der Waals surface area (Å²) in [6, 6.07) is 108. The Bertz CT molecular complexity index is 6990. The molecule has 0 saturated carbocycles. The van der Waals surface area contributed by atoms with Crippen molar-refractivity contribution in [1.82, 2.24) is 18.3 Å². The smallest absolute Gasteiger partial charge is 0.145 e. The molecule has 14 aromatic carbocycles. The molecule has 0 aliphatic carbocycles. The fourth-order valence-electron chi connectivity index (χ4n) is 15.5. The van der Waals surface area contributed by atoms with Gasteiger partial charge in [0, 0.05) is 87.5 Å². The lowest BCUT2D eigenvalue weighted by molar-refractivity contribution is 0.673. The Balaban J connectivity index is 0.000000137. The molecule has 98 heavy (non-hydrogen) atoms. The molecule has 20 rings (SSSR count). The first-order valence-electron chi connectivity index (χ1n) is 32.3. The highest BCUT2D eigenvalue weighted by molar-refractivity contribution is 6.27. The molecule has 10 nitrogen and oxygen atoms in total. The molecule has 0 radical (unpaired) electrons. The second-order valence-electron chi connectivity index (χ2n) is 24.7. The zero-order chi connectivity index (χ0) is 65.3. The van der Waals surface area contributed by atoms with Gasteiger partial charge in [-0.15, -0.1) is 0 Å². The van der Waals surface area contributed by atoms with Crippen LogP contribution in [0.2, 0.25) is 0 Å². The minimum Gasteiger partial charge on any atom is -0.455 e. The normalized spacial score (nSPS) is 11.6. The van der Waals surface area contributed by atoms with E-state index in [0.717, 1.165) is 176 Å². The van der Waals surface area contributed by atoms with E-state index in [1.165, 1.54) is 0 Å². The van der Waals surface area contributed by atoms with Gasteiger partial charge in [0.1, 0.15) is 22.3 Å². The molecule has 20 aromatic rings. The Morgan fingerprint density at radius 2 is 0.622 bits per heavy atom. The number of aromatic nitrogens is 4. The highest BCUT2D eigenvalue weighted by Gasteiger charge is 2.27. The zero-order valence-electron chi connectivity index (χ0n) is 52.1. The molecule has 10 heteroatoms. The summed E-state index contributed by atoms with van der Waals surface area (Å²) in [5.41, 5.74) is 21.2. The molecule has 0 atom stereocenters. The number of furan rings is 2. The Labute approximate surface area is 558 Å². The van der Waals surface area contributed by atoms with Gasteiger partial charge in [-0.25, -0.2) is 0 Å². The van der Waals surface area contributed by atoms with E-state index < -0.39 is 0 Å². The van der Waals surface area contributed by atoms with Crippen LogP contribution in [0.5, 0.6) is 0 Å². The summed E-state index contributed by atoms with van der Waals surface area (Å²) in [4.78, 5) is 0. The highest BCUT2D eigenvalue weighted by Crippen LogP contribution is 2.48. The monoisotopic (exact) mass is 1250 g/mol. The maximum absolute atomic E-state index is 10.6. The van der Waals surface area contributed by atoms with Gasteiger partial charge in [-0.1, -0.05) is 152 Å². The second kappa shape index (κ2) is 21.7. The molecule has 0 unspecified atom stereocenters. The van der Waals surface area contributed by atoms with Crippen molar-refractivity contribution in [2.24, 2.45) is 0 Å². The average molecular weight is 1250 g/mol. The quantitative estimate of drug-likeness (QED) is 0.162. The summed E-state index contributed by atoms with van der Waals surface area (Å²) in [5.74, 6) is 0. The minimum absolute atomic E-state index is 0.552. The van der Waals surface area contributed by atoms with Crippen molar-refractivity contribution >= 4 is 131 Å². The van der Waals surface area contributed by atoms with E-state index in [-0.39, 0.29) is 0 Å². The fourth-order valence-corrected chi connectivity index (χ4v) is 15.5. The summed E-state index contributed by atoms with van der Waals surface area (Å²) >= 11 is 0. The van der Waals surface area contributed by atoms with Crippen LogP contribution in [0.15, 0.2) is 300 Å². The van der Waals surface area contributed by atoms with Crippen LogP contribution in [-0.2, 0) is 0 Å². The first kappa shape index (κ1) is 55.5. The van der Waals surface area contributed by atoms with E-state index in [2.05, 4.69) is 225 Å². The van der Waals surface area contributed by atoms with E-state index >= 15 is 0 Å². The number of benzene rings is 14. The lowest BCUT2D eigenvalue weighted by atomic mass is 9.96. The minimum atomic E-state index is 0.552. The van der Waals surface area contributed by atoms with Gasteiger partial charge in [0.2, 0.25) is 0 Å². The van der Waals surface area contributed by atoms with Gasteiger partial charge in [-0.05, 0) is 140 Å². The highest BCUT2D eigenvalue weighted by atomic mass is 16.3. The number of fused-ring (bicyclic) bond motifs is 20. The molecule has 6 aromatic heterocycles. The molecule has 0 spiro atoms. The van der Waals surface area contributed by atoms with Crippen molar-refractivity contribution in [3.63, 3.8) is 0 Å². The largest absolute Gasteiger partial charge is 0.455 e. The topological polar surface area (TPSA) is 141 Å². The van der Waals surface area contributed by atoms with Crippen molar-refractivity contribution < 1.29 is 8.83 Å². The number of nitriles is 4. The first-order chi connectivity index (χ1) is 48.5. The van der Waals surface area contributed by atoms with Crippen LogP contribution in [0.1, 0.15) is 22.3 Å². The molecule has 6 heterocycles. The first-order valence-corrected chi connectivity index (χ1v) is 32.3. The molecule has 0 aliphatic heterocycles. The predicted octanol–water partition coefficient (Wildman–Crippen LogP) is 22.4. The third kappa shape index (κ3) is 8.11. The number of hydrogen-bond donors (Lipinski definition) is 0. The van der Waals surface area contributed by atoms with Crippen LogP contribution in [0.25, 0.3) is 176 Å². The third-order valence-corrected chi connectivity index (χ3v) is 19.6. The van der Waals surface area contributed by atoms with E-state index in [0.29, 0.717) is 22.3 Å². The number of hydrogen-bond acceptors (Lipinski definition) is 6. The Morgan fingerprint density at radius 3 is 1.13 bits per heavy atom. The summed E-state index contributed by atoms with van der Waals surface area (Å²) in [6.07, 6.45) is 0. The molecule has 0 amide bonds. The SMILES string of the molecule is N#Cc1ccc(-n2c3ccccc3c3cc(C#N)ccc32)c(-c2cccc3c2oc2c3ccc3c2c2ccccc2n3-c2ccccc2)c1.N#Cc1ccc2c(c1)c1ccccc1n2-c1cccc(C#N)c1-c1cccc2c1oc1c2ccc2c1c1ccccc1n2-c1ccccc1. The number of para-hydroxylation sites is 8. The van der Waals surface area contributed by atoms with Gasteiger partial charge >= 0.3 is 0 Å². The van der Waals surface area contributed by atoms with Crippen molar-refractivity contribution in [3.8, 4) is 69.3 Å². The van der Waals surface area contributed by atoms with Crippen LogP contribution >= 0.6 is 0 Å². The van der Waals surface area contributed by atoms with Gasteiger partial charge in [0.05, 0.1) is 113 Å². The molecule has 452 valence electrons. The van der Waals surface area contributed by atoms with Gasteiger partial charge < -0.3 is 27.1 Å². The molecule has 0 saturated heterocycles. The maximum atomic E-state index is 10.6. The van der Waals surface area contributed by atoms with E-state index in [4.69, 9.17) is 8.83 Å². The molecule has 0 aliphatic rings. The average Bonchev–Trinajstić information content (AvgIpc) is 1.57. The van der Waals surface area contributed by atoms with Crippen LogP contribution < -0.4 is 0 Å². The summed E-state index contributed by atoms with van der Waals surface area (Å²) < 4.78 is 23.1. The standard InChI is InChI=1S/2C44H24N4O/c45-25-27-20-22-38-35(24-27)30-13-4-6-17-36(30)48(38)39-19-8-10-28(26-46)41(39)34-16-9-15-31-32-21-23-40-42(44(32)49-43(31)34)33-14-5-7-18-37(33)47(40)29-11-2-1-3-12-29;45-25-27-17-20-39-35(23-27)30-11-4-6-15-37(30)48(39)40-21-18-28(26-46)24-36(40)32-14-8-13-31-33-19-22-41-42(44(33)49-43(31)32)34-12-5-7-16-38(34)47(41)29-9-2-1-3-10-29/h2*1-24H. The third-order valence-electron chi connectivity index (χ3n) is 19.6. The van der Waals surface area contributed by atoms with Gasteiger partial charge in [-0.3, -0.25) is 0 Å². The molecule has 0 bridgehead atoms. The lowest BCUT2D eigenvalue weighted by Gasteiger charge is -2.15. The molecule has 0 N–H and O–H groups in total. The second-order valence-corrected chi connectivity index (χ2v) is 24.7. The Morgan fingerprint density at radius 1 is 0.235 bits per heavy atom. The number of rotatable bonds is 6. The summed E-state index contributed by atoms with van der Waals surface area (Å²) in [6.45, 7) is 0. The van der Waals surface area contributed by atoms with E-state index in [9.17, 15) is 21.0 Å². The lowest BCUT2D eigenvalue weighted by Crippen LogP contribution is -1.99. The maximum Gasteiger partial charge on any atom is 0.145 e. The van der Waals surface area contributed by atoms with Crippen molar-refractivity contribution in [2.75, 3.05) is 0 Å². The van der Waals surface area contributed by atoms with E-state index in [1.54, 1.807) is 0 Å². The van der Waals surface area contributed by atoms with Crippen LogP contribution in [0.4, 0.5) is 0 Å². The van der Waals surface area contributed by atoms with Crippen LogP contribution in [0.3, 0.4) is 0 Å². The summed E-state index contributed by atoms with van der Waals surface area (Å²) in [7, 11) is 0. The zero-order valence-corrected chi connectivity index (χ0v) is 52.1. The Hall–Kier alpha value is -14.2. The fraction of sp³-hybridized carbons (Fsp3) is 0. The van der Waals surface area contributed by atoms with Crippen LogP contribution in [0, 0.1) is 45.3 Å². The Kier molecular flexibility index (Phi) is 12.3. The predicted molar refractivity (Wildman–Crippen MR) is 395 cm³/mol. The van der Waals surface area contributed by atoms with Gasteiger partial charge in [-0.2, -0.15) is 21.0 Å². The molecule has 0 fully saturated rings. The molecular formula is C88H48N8O2. The van der Waals surface area contributed by atoms with Gasteiger partial charge in [0.15, 0.2) is 0 Å². The van der Waals surface area contributed by atoms with Gasteiger partial charge in [0.25, 0.3) is 0 Å². The van der Waals surface area contributed by atoms with Crippen molar-refractivity contribution in [3.05, 3.63) is 313 Å². The number of nitrogens with zero attached hydrogens (tertiary/aromatic N) is 8. The van der Waals surface area contributed by atoms with E-state index in [1.807, 2.05) is 109 Å².